The number of allylic oxidation sites excluding steroid dienone is 1. The minimum atomic E-state index is -0.169. The molecule has 32 heavy (non-hydrogen) atoms. The van der Waals surface area contributed by atoms with E-state index in [4.69, 9.17) is 20.4 Å². The zero-order chi connectivity index (χ0) is 22.9. The highest BCUT2D eigenvalue weighted by molar-refractivity contribution is 5.71. The second-order valence-corrected chi connectivity index (χ2v) is 8.28. The molecule has 1 atom stereocenters. The summed E-state index contributed by atoms with van der Waals surface area (Å²) in [7, 11) is 0. The van der Waals surface area contributed by atoms with Crippen molar-refractivity contribution in [3.8, 4) is 0 Å². The highest BCUT2D eigenvalue weighted by Gasteiger charge is 2.27. The normalized spacial score (nSPS) is 16.8. The number of pyridine rings is 1. The van der Waals surface area contributed by atoms with Gasteiger partial charge in [-0.15, -0.1) is 0 Å². The average molecular weight is 441 g/mol. The minimum absolute atomic E-state index is 0. The Hall–Kier alpha value is -3.16. The molecule has 0 spiro atoms. The fourth-order valence-corrected chi connectivity index (χ4v) is 3.88. The highest BCUT2D eigenvalue weighted by Crippen LogP contribution is 2.29. The lowest BCUT2D eigenvalue weighted by Crippen LogP contribution is -2.42. The number of nitrogens with zero attached hydrogens (tertiary/aromatic N) is 4. The number of ether oxygens (including phenoxy) is 1. The van der Waals surface area contributed by atoms with E-state index in [1.165, 1.54) is 0 Å². The smallest absolute Gasteiger partial charge is 0.308 e. The van der Waals surface area contributed by atoms with Crippen molar-refractivity contribution in [2.24, 2.45) is 5.73 Å². The van der Waals surface area contributed by atoms with Gasteiger partial charge in [0, 0.05) is 50.8 Å². The number of carbonyl (C=O) groups excluding carboxylic acids is 1. The maximum Gasteiger partial charge on any atom is 0.308 e. The summed E-state index contributed by atoms with van der Waals surface area (Å²) in [5.41, 5.74) is 7.79. The van der Waals surface area contributed by atoms with Crippen LogP contribution in [0.4, 0.5) is 11.6 Å². The van der Waals surface area contributed by atoms with Gasteiger partial charge in [0.2, 0.25) is 0 Å². The molecule has 3 heterocycles. The Morgan fingerprint density at radius 2 is 2.25 bits per heavy atom. The molecule has 0 bridgehead atoms. The summed E-state index contributed by atoms with van der Waals surface area (Å²) < 4.78 is 5.40. The lowest BCUT2D eigenvalue weighted by atomic mass is 9.99. The van der Waals surface area contributed by atoms with Crippen LogP contribution in [0.25, 0.3) is 5.57 Å². The average Bonchev–Trinajstić information content (AvgIpc) is 2.79. The Morgan fingerprint density at radius 1 is 1.41 bits per heavy atom. The maximum atomic E-state index is 12.4. The van der Waals surface area contributed by atoms with Gasteiger partial charge in [0.15, 0.2) is 5.82 Å². The third kappa shape index (κ3) is 6.42. The SMILES string of the molecule is CC/C(=C/N)c1nc(NCc2cccnc2)cc(N2CCCC[C@H]2CC(=O)OC(C)C)n1.[HH]. The summed E-state index contributed by atoms with van der Waals surface area (Å²) in [5, 5.41) is 3.39. The Labute approximate surface area is 191 Å². The predicted molar refractivity (Wildman–Crippen MR) is 129 cm³/mol. The monoisotopic (exact) mass is 440 g/mol. The number of anilines is 2. The summed E-state index contributed by atoms with van der Waals surface area (Å²) in [5.74, 6) is 1.96. The molecular formula is C24H36N6O2. The number of aromatic nitrogens is 3. The van der Waals surface area contributed by atoms with E-state index >= 15 is 0 Å². The fourth-order valence-electron chi connectivity index (χ4n) is 3.88. The highest BCUT2D eigenvalue weighted by atomic mass is 16.5. The van der Waals surface area contributed by atoms with E-state index in [-0.39, 0.29) is 19.5 Å². The van der Waals surface area contributed by atoms with Crippen molar-refractivity contribution in [1.29, 1.82) is 0 Å². The van der Waals surface area contributed by atoms with Gasteiger partial charge in [-0.05, 0) is 51.2 Å². The van der Waals surface area contributed by atoms with Crippen molar-refractivity contribution < 1.29 is 11.0 Å². The molecule has 174 valence electrons. The first-order chi connectivity index (χ1) is 15.5. The number of carbonyl (C=O) groups is 1. The van der Waals surface area contributed by atoms with Gasteiger partial charge in [-0.1, -0.05) is 13.0 Å². The van der Waals surface area contributed by atoms with Gasteiger partial charge in [0.1, 0.15) is 11.6 Å². The van der Waals surface area contributed by atoms with Crippen LogP contribution in [0.15, 0.2) is 36.8 Å². The zero-order valence-electron chi connectivity index (χ0n) is 19.3. The summed E-state index contributed by atoms with van der Waals surface area (Å²) in [6.45, 7) is 7.22. The predicted octanol–water partition coefficient (Wildman–Crippen LogP) is 4.14. The Bertz CT molecular complexity index is 922. The van der Waals surface area contributed by atoms with E-state index in [1.54, 1.807) is 12.4 Å². The van der Waals surface area contributed by atoms with Gasteiger partial charge >= 0.3 is 5.97 Å². The minimum Gasteiger partial charge on any atom is -0.463 e. The van der Waals surface area contributed by atoms with Gasteiger partial charge in [-0.3, -0.25) is 9.78 Å². The van der Waals surface area contributed by atoms with E-state index in [2.05, 4.69) is 15.2 Å². The lowest BCUT2D eigenvalue weighted by Gasteiger charge is -2.36. The number of nitrogens with two attached hydrogens (primary N) is 1. The molecule has 0 amide bonds. The summed E-state index contributed by atoms with van der Waals surface area (Å²) in [6.07, 6.45) is 9.18. The van der Waals surface area contributed by atoms with Gasteiger partial charge < -0.3 is 20.7 Å². The number of esters is 1. The largest absolute Gasteiger partial charge is 0.463 e. The Morgan fingerprint density at radius 3 is 2.94 bits per heavy atom. The molecule has 1 saturated heterocycles. The number of nitrogens with one attached hydrogen (secondary N) is 1. The molecular weight excluding hydrogens is 404 g/mol. The first-order valence-corrected chi connectivity index (χ1v) is 11.4. The van der Waals surface area contributed by atoms with Crippen LogP contribution in [0.5, 0.6) is 0 Å². The molecule has 3 rings (SSSR count). The molecule has 0 saturated carbocycles. The van der Waals surface area contributed by atoms with E-state index in [0.717, 1.165) is 55.0 Å². The van der Waals surface area contributed by atoms with Crippen molar-refractivity contribution in [2.75, 3.05) is 16.8 Å². The van der Waals surface area contributed by atoms with Crippen molar-refractivity contribution in [1.82, 2.24) is 15.0 Å². The van der Waals surface area contributed by atoms with E-state index < -0.39 is 0 Å². The zero-order valence-corrected chi connectivity index (χ0v) is 19.3. The van der Waals surface area contributed by atoms with Gasteiger partial charge in [0.05, 0.1) is 12.5 Å². The Balaban J connectivity index is 0.00000385. The molecule has 2 aromatic heterocycles. The second kappa shape index (κ2) is 11.5. The van der Waals surface area contributed by atoms with Crippen molar-refractivity contribution in [3.63, 3.8) is 0 Å². The third-order valence-electron chi connectivity index (χ3n) is 5.47. The molecule has 1 aliphatic heterocycles. The van der Waals surface area contributed by atoms with E-state index in [9.17, 15) is 4.79 Å². The van der Waals surface area contributed by atoms with Crippen molar-refractivity contribution >= 4 is 23.2 Å². The number of hydrogen-bond donors (Lipinski definition) is 2. The van der Waals surface area contributed by atoms with Crippen LogP contribution in [0.2, 0.25) is 0 Å². The first kappa shape index (κ1) is 23.5. The van der Waals surface area contributed by atoms with Gasteiger partial charge in [-0.2, -0.15) is 0 Å². The first-order valence-electron chi connectivity index (χ1n) is 11.4. The van der Waals surface area contributed by atoms with Crippen LogP contribution in [-0.4, -0.2) is 39.6 Å². The summed E-state index contributed by atoms with van der Waals surface area (Å²) >= 11 is 0. The molecule has 8 heteroatoms. The van der Waals surface area contributed by atoms with Crippen LogP contribution >= 0.6 is 0 Å². The second-order valence-electron chi connectivity index (χ2n) is 8.28. The van der Waals surface area contributed by atoms with Crippen LogP contribution < -0.4 is 16.0 Å². The molecule has 3 N–H and O–H groups in total. The molecule has 2 aromatic rings. The van der Waals surface area contributed by atoms with Crippen molar-refractivity contribution in [3.05, 3.63) is 48.2 Å². The number of piperidine rings is 1. The van der Waals surface area contributed by atoms with Crippen LogP contribution in [0, 0.1) is 0 Å². The lowest BCUT2D eigenvalue weighted by molar-refractivity contribution is -0.147. The van der Waals surface area contributed by atoms with Gasteiger partial charge in [-0.25, -0.2) is 9.97 Å². The number of rotatable bonds is 9. The number of hydrogen-bond acceptors (Lipinski definition) is 8. The molecule has 0 unspecified atom stereocenters. The molecule has 8 nitrogen and oxygen atoms in total. The van der Waals surface area contributed by atoms with Gasteiger partial charge in [0.25, 0.3) is 0 Å². The summed E-state index contributed by atoms with van der Waals surface area (Å²) in [4.78, 5) is 28.3. The third-order valence-corrected chi connectivity index (χ3v) is 5.47. The molecule has 1 fully saturated rings. The van der Waals surface area contributed by atoms with Crippen LogP contribution in [-0.2, 0) is 16.1 Å². The topological polar surface area (TPSA) is 106 Å². The maximum absolute atomic E-state index is 12.4. The van der Waals surface area contributed by atoms with E-state index in [0.29, 0.717) is 18.8 Å². The van der Waals surface area contributed by atoms with Crippen LogP contribution in [0.1, 0.15) is 65.7 Å². The Kier molecular flexibility index (Phi) is 8.41. The standard InChI is InChI=1S/C24H34N6O2.H2/c1-4-19(14-25)24-28-21(27-16-18-8-7-10-26-15-18)13-22(29-24)30-11-6-5-9-20(30)12-23(31)32-17(2)3;/h7-8,10,13-15,17,20H,4-6,9,11-12,16,25H2,1-3H3,(H,27,28,29);1H/b19-14-;/t20-;/m0./s1. The molecule has 0 aliphatic carbocycles. The quantitative estimate of drug-likeness (QED) is 0.560. The van der Waals surface area contributed by atoms with Crippen LogP contribution in [0.3, 0.4) is 0 Å². The molecule has 0 radical (unpaired) electrons. The fraction of sp³-hybridized carbons (Fsp3) is 0.500. The molecule has 0 aromatic carbocycles. The summed E-state index contributed by atoms with van der Waals surface area (Å²) in [6, 6.07) is 5.93. The van der Waals surface area contributed by atoms with E-state index in [1.807, 2.05) is 45.2 Å². The molecule has 1 aliphatic rings. The van der Waals surface area contributed by atoms with Crippen molar-refractivity contribution in [2.45, 2.75) is 71.6 Å².